The van der Waals surface area contributed by atoms with Crippen molar-refractivity contribution < 1.29 is 28.6 Å². The molecule has 0 aliphatic rings. The molecule has 486 valence electrons. The van der Waals surface area contributed by atoms with Gasteiger partial charge in [0.05, 0.1) is 0 Å². The number of esters is 3. The molecule has 0 fully saturated rings. The van der Waals surface area contributed by atoms with Crippen LogP contribution in [0.25, 0.3) is 0 Å². The van der Waals surface area contributed by atoms with Gasteiger partial charge in [-0.25, -0.2) is 0 Å². The molecule has 0 N–H and O–H groups in total. The van der Waals surface area contributed by atoms with E-state index in [9.17, 15) is 14.4 Å². The molecule has 83 heavy (non-hydrogen) atoms. The predicted octanol–water partition coefficient (Wildman–Crippen LogP) is 25.7. The fourth-order valence-corrected chi connectivity index (χ4v) is 11.3. The van der Waals surface area contributed by atoms with E-state index in [4.69, 9.17) is 14.2 Å². The topological polar surface area (TPSA) is 78.9 Å². The molecule has 0 aromatic carbocycles. The van der Waals surface area contributed by atoms with E-state index in [1.165, 1.54) is 283 Å². The van der Waals surface area contributed by atoms with Gasteiger partial charge in [-0.1, -0.05) is 378 Å². The Morgan fingerprint density at radius 2 is 0.470 bits per heavy atom. The Morgan fingerprint density at radius 3 is 0.735 bits per heavy atom. The van der Waals surface area contributed by atoms with Crippen molar-refractivity contribution in [3.05, 3.63) is 48.6 Å². The molecule has 1 unspecified atom stereocenters. The number of unbranched alkanes of at least 4 members (excludes halogenated alkanes) is 50. The Bertz CT molecular complexity index is 1430. The normalized spacial score (nSPS) is 12.3. The Labute approximate surface area is 518 Å². The second-order valence-electron chi connectivity index (χ2n) is 25.2. The van der Waals surface area contributed by atoms with Gasteiger partial charge in [0, 0.05) is 19.3 Å². The maximum atomic E-state index is 13.0. The molecule has 0 radical (unpaired) electrons. The quantitative estimate of drug-likeness (QED) is 0.0261. The fourth-order valence-electron chi connectivity index (χ4n) is 11.3. The Morgan fingerprint density at radius 1 is 0.253 bits per heavy atom. The first kappa shape index (κ1) is 80.4. The van der Waals surface area contributed by atoms with E-state index in [0.29, 0.717) is 19.3 Å². The van der Waals surface area contributed by atoms with Crippen molar-refractivity contribution in [3.8, 4) is 0 Å². The SMILES string of the molecule is CC/C=C\C/C=C\C/C=C\C/C=C\CCCCCCCCCCCCCCC(=O)OC(COC(=O)CCCCCCCCCCCCCCC)COC(=O)CCCCCCCCCCCCCCCCCCCCCCCCCCCCC. The van der Waals surface area contributed by atoms with E-state index in [1.807, 2.05) is 0 Å². The first-order chi connectivity index (χ1) is 41.0. The van der Waals surface area contributed by atoms with Crippen molar-refractivity contribution in [2.75, 3.05) is 13.2 Å². The van der Waals surface area contributed by atoms with E-state index in [2.05, 4.69) is 69.4 Å². The first-order valence-electron chi connectivity index (χ1n) is 37.1. The summed E-state index contributed by atoms with van der Waals surface area (Å²) >= 11 is 0. The first-order valence-corrected chi connectivity index (χ1v) is 37.1. The lowest BCUT2D eigenvalue weighted by Gasteiger charge is -2.18. The molecule has 0 amide bonds. The third-order valence-corrected chi connectivity index (χ3v) is 16.8. The van der Waals surface area contributed by atoms with Crippen LogP contribution in [0, 0.1) is 0 Å². The second kappa shape index (κ2) is 71.8. The summed E-state index contributed by atoms with van der Waals surface area (Å²) in [6.07, 6.45) is 91.6. The van der Waals surface area contributed by atoms with Gasteiger partial charge in [0.25, 0.3) is 0 Å². The number of hydrogen-bond donors (Lipinski definition) is 0. The van der Waals surface area contributed by atoms with Crippen LogP contribution in [0.2, 0.25) is 0 Å². The van der Waals surface area contributed by atoms with Gasteiger partial charge in [-0.15, -0.1) is 0 Å². The van der Waals surface area contributed by atoms with E-state index < -0.39 is 6.10 Å². The van der Waals surface area contributed by atoms with Crippen LogP contribution in [0.3, 0.4) is 0 Å². The molecule has 0 aliphatic heterocycles. The van der Waals surface area contributed by atoms with Crippen LogP contribution >= 0.6 is 0 Å². The van der Waals surface area contributed by atoms with Gasteiger partial charge in [-0.2, -0.15) is 0 Å². The van der Waals surface area contributed by atoms with Crippen molar-refractivity contribution in [1.29, 1.82) is 0 Å². The largest absolute Gasteiger partial charge is 0.462 e. The minimum Gasteiger partial charge on any atom is -0.462 e. The number of rotatable bonds is 69. The molecule has 0 bridgehead atoms. The van der Waals surface area contributed by atoms with Gasteiger partial charge in [-0.3, -0.25) is 14.4 Å². The van der Waals surface area contributed by atoms with Crippen LogP contribution in [0.15, 0.2) is 48.6 Å². The van der Waals surface area contributed by atoms with Crippen molar-refractivity contribution >= 4 is 17.9 Å². The predicted molar refractivity (Wildman–Crippen MR) is 362 cm³/mol. The lowest BCUT2D eigenvalue weighted by atomic mass is 10.0. The molecule has 0 aromatic rings. The molecule has 0 rings (SSSR count). The smallest absolute Gasteiger partial charge is 0.306 e. The highest BCUT2D eigenvalue weighted by molar-refractivity contribution is 5.71. The maximum Gasteiger partial charge on any atom is 0.306 e. The highest BCUT2D eigenvalue weighted by Crippen LogP contribution is 2.19. The van der Waals surface area contributed by atoms with Gasteiger partial charge >= 0.3 is 17.9 Å². The van der Waals surface area contributed by atoms with Crippen molar-refractivity contribution in [3.63, 3.8) is 0 Å². The molecule has 0 aliphatic carbocycles. The summed E-state index contributed by atoms with van der Waals surface area (Å²) in [6, 6.07) is 0. The van der Waals surface area contributed by atoms with Gasteiger partial charge in [0.15, 0.2) is 6.10 Å². The Balaban J connectivity index is 4.20. The molecule has 6 heteroatoms. The number of hydrogen-bond acceptors (Lipinski definition) is 6. The third-order valence-electron chi connectivity index (χ3n) is 16.8. The van der Waals surface area contributed by atoms with Crippen LogP contribution in [-0.2, 0) is 28.6 Å². The summed E-state index contributed by atoms with van der Waals surface area (Å²) in [5.74, 6) is -0.838. The number of carbonyl (C=O) groups is 3. The number of allylic oxidation sites excluding steroid dienone is 8. The van der Waals surface area contributed by atoms with Crippen LogP contribution in [0.4, 0.5) is 0 Å². The summed E-state index contributed by atoms with van der Waals surface area (Å²) < 4.78 is 17.0. The van der Waals surface area contributed by atoms with Crippen LogP contribution in [-0.4, -0.2) is 37.2 Å². The highest BCUT2D eigenvalue weighted by atomic mass is 16.6. The summed E-state index contributed by atoms with van der Waals surface area (Å²) in [7, 11) is 0. The summed E-state index contributed by atoms with van der Waals surface area (Å²) in [5, 5.41) is 0. The van der Waals surface area contributed by atoms with E-state index in [1.54, 1.807) is 0 Å². The Hall–Kier alpha value is -2.63. The average Bonchev–Trinajstić information content (AvgIpc) is 3.49. The minimum atomic E-state index is -0.772. The Kier molecular flexibility index (Phi) is 69.6. The molecular formula is C77H142O6. The highest BCUT2D eigenvalue weighted by Gasteiger charge is 2.20. The number of ether oxygens (including phenoxy) is 3. The summed E-state index contributed by atoms with van der Waals surface area (Å²) in [4.78, 5) is 38.5. The van der Waals surface area contributed by atoms with E-state index in [-0.39, 0.29) is 31.1 Å². The van der Waals surface area contributed by atoms with Gasteiger partial charge in [-0.05, 0) is 57.8 Å². The lowest BCUT2D eigenvalue weighted by Crippen LogP contribution is -2.30. The third kappa shape index (κ3) is 70.0. The number of carbonyl (C=O) groups excluding carboxylic acids is 3. The van der Waals surface area contributed by atoms with Gasteiger partial charge in [0.1, 0.15) is 13.2 Å². The lowest BCUT2D eigenvalue weighted by molar-refractivity contribution is -0.167. The molecule has 6 nitrogen and oxygen atoms in total. The molecule has 1 atom stereocenters. The second-order valence-corrected chi connectivity index (χ2v) is 25.2. The minimum absolute atomic E-state index is 0.0673. The van der Waals surface area contributed by atoms with Crippen LogP contribution < -0.4 is 0 Å². The standard InChI is InChI=1S/C77H142O6/c1-4-7-10-13-16-19-22-25-27-29-31-33-35-37-38-40-41-43-45-47-49-52-55-58-61-64-67-70-76(79)82-73-74(72-81-75(78)69-66-63-60-57-54-51-24-21-18-15-12-9-6-3)83-77(80)71-68-65-62-59-56-53-50-48-46-44-42-39-36-34-32-30-28-26-23-20-17-14-11-8-5-2/h8,11,17,20,26,28,32,34,74H,4-7,9-10,12-16,18-19,21-25,27,29-31,33,35-73H2,1-3H3/b11-8-,20-17-,28-26-,34-32-. The van der Waals surface area contributed by atoms with Crippen LogP contribution in [0.5, 0.6) is 0 Å². The molecule has 0 saturated carbocycles. The van der Waals surface area contributed by atoms with Crippen molar-refractivity contribution in [2.24, 2.45) is 0 Å². The summed E-state index contributed by atoms with van der Waals surface area (Å²) in [5.41, 5.74) is 0. The zero-order chi connectivity index (χ0) is 59.9. The average molecular weight is 1160 g/mol. The van der Waals surface area contributed by atoms with Gasteiger partial charge < -0.3 is 14.2 Å². The van der Waals surface area contributed by atoms with Crippen molar-refractivity contribution in [2.45, 2.75) is 412 Å². The van der Waals surface area contributed by atoms with Crippen molar-refractivity contribution in [1.82, 2.24) is 0 Å². The van der Waals surface area contributed by atoms with E-state index >= 15 is 0 Å². The zero-order valence-corrected chi connectivity index (χ0v) is 56.0. The molecular weight excluding hydrogens is 1020 g/mol. The molecule has 0 aromatic heterocycles. The fraction of sp³-hybridized carbons (Fsp3) is 0.857. The van der Waals surface area contributed by atoms with E-state index in [0.717, 1.165) is 83.5 Å². The molecule has 0 saturated heterocycles. The summed E-state index contributed by atoms with van der Waals surface area (Å²) in [6.45, 7) is 6.61. The molecule has 0 spiro atoms. The molecule has 0 heterocycles. The van der Waals surface area contributed by atoms with Gasteiger partial charge in [0.2, 0.25) is 0 Å². The van der Waals surface area contributed by atoms with Crippen LogP contribution in [0.1, 0.15) is 406 Å². The maximum absolute atomic E-state index is 13.0. The zero-order valence-electron chi connectivity index (χ0n) is 56.0. The monoisotopic (exact) mass is 1160 g/mol.